The molecule has 114 valence electrons. The fourth-order valence-electron chi connectivity index (χ4n) is 3.94. The number of aliphatic hydroxyl groups is 1. The second kappa shape index (κ2) is 5.45. The van der Waals surface area contributed by atoms with E-state index in [1.54, 1.807) is 0 Å². The van der Waals surface area contributed by atoms with Crippen molar-refractivity contribution in [3.8, 4) is 0 Å². The third-order valence-electron chi connectivity index (χ3n) is 5.27. The summed E-state index contributed by atoms with van der Waals surface area (Å²) in [4.78, 5) is 15.0. The van der Waals surface area contributed by atoms with E-state index in [0.717, 1.165) is 49.9 Å². The van der Waals surface area contributed by atoms with Gasteiger partial charge in [0.1, 0.15) is 0 Å². The fraction of sp³-hybridized carbons (Fsp3) is 0.611. The molecule has 3 rings (SSSR count). The molecule has 2 aliphatic rings. The van der Waals surface area contributed by atoms with Gasteiger partial charge in [-0.3, -0.25) is 4.79 Å². The first-order valence-corrected chi connectivity index (χ1v) is 8.09. The lowest BCUT2D eigenvalue weighted by molar-refractivity contribution is -0.124. The zero-order valence-corrected chi connectivity index (χ0v) is 13.0. The zero-order valence-electron chi connectivity index (χ0n) is 13.0. The molecule has 1 aliphatic heterocycles. The largest absolute Gasteiger partial charge is 0.388 e. The van der Waals surface area contributed by atoms with Gasteiger partial charge in [-0.05, 0) is 37.2 Å². The second-order valence-corrected chi connectivity index (χ2v) is 7.14. The van der Waals surface area contributed by atoms with Gasteiger partial charge < -0.3 is 10.0 Å². The SMILES string of the molecule is CC1(C)CCCC1C(=O)N1CCCC(O)c2ccccc21. The van der Waals surface area contributed by atoms with Crippen molar-refractivity contribution in [2.24, 2.45) is 11.3 Å². The number of amides is 1. The molecule has 0 spiro atoms. The average Bonchev–Trinajstić information content (AvgIpc) is 2.72. The molecule has 21 heavy (non-hydrogen) atoms. The van der Waals surface area contributed by atoms with Crippen molar-refractivity contribution in [1.82, 2.24) is 0 Å². The topological polar surface area (TPSA) is 40.5 Å². The summed E-state index contributed by atoms with van der Waals surface area (Å²) in [5.74, 6) is 0.361. The Kier molecular flexibility index (Phi) is 3.78. The molecule has 1 heterocycles. The standard InChI is InChI=1S/C18H25NO2/c1-18(2)11-5-8-14(18)17(21)19-12-6-10-16(20)13-7-3-4-9-15(13)19/h3-4,7,9,14,16,20H,5-6,8,10-12H2,1-2H3. The predicted molar refractivity (Wildman–Crippen MR) is 84.1 cm³/mol. The van der Waals surface area contributed by atoms with Crippen molar-refractivity contribution in [2.75, 3.05) is 11.4 Å². The molecule has 2 unspecified atom stereocenters. The summed E-state index contributed by atoms with van der Waals surface area (Å²) in [6.07, 6.45) is 4.40. The summed E-state index contributed by atoms with van der Waals surface area (Å²) in [5.41, 5.74) is 1.91. The molecule has 0 radical (unpaired) electrons. The monoisotopic (exact) mass is 287 g/mol. The number of fused-ring (bicyclic) bond motifs is 1. The minimum absolute atomic E-state index is 0.0942. The summed E-state index contributed by atoms with van der Waals surface area (Å²) in [7, 11) is 0. The van der Waals surface area contributed by atoms with Gasteiger partial charge in [-0.15, -0.1) is 0 Å². The summed E-state index contributed by atoms with van der Waals surface area (Å²) in [5, 5.41) is 10.3. The van der Waals surface area contributed by atoms with Crippen molar-refractivity contribution >= 4 is 11.6 Å². The number of anilines is 1. The molecular formula is C18H25NO2. The van der Waals surface area contributed by atoms with Crippen LogP contribution in [0.2, 0.25) is 0 Å². The number of hydrogen-bond acceptors (Lipinski definition) is 2. The molecule has 1 aromatic rings. The van der Waals surface area contributed by atoms with Gasteiger partial charge in [0.2, 0.25) is 5.91 Å². The second-order valence-electron chi connectivity index (χ2n) is 7.14. The van der Waals surface area contributed by atoms with Crippen LogP contribution in [0, 0.1) is 11.3 Å². The molecule has 1 amide bonds. The Morgan fingerprint density at radius 2 is 2.00 bits per heavy atom. The number of aliphatic hydroxyl groups excluding tert-OH is 1. The van der Waals surface area contributed by atoms with Crippen LogP contribution in [0.3, 0.4) is 0 Å². The number of nitrogens with zero attached hydrogens (tertiary/aromatic N) is 1. The molecule has 3 nitrogen and oxygen atoms in total. The summed E-state index contributed by atoms with van der Waals surface area (Å²) in [6, 6.07) is 7.82. The quantitative estimate of drug-likeness (QED) is 0.856. The van der Waals surface area contributed by atoms with Gasteiger partial charge >= 0.3 is 0 Å². The van der Waals surface area contributed by atoms with E-state index >= 15 is 0 Å². The predicted octanol–water partition coefficient (Wildman–Crippen LogP) is 3.67. The van der Waals surface area contributed by atoms with E-state index in [-0.39, 0.29) is 17.2 Å². The Morgan fingerprint density at radius 1 is 1.24 bits per heavy atom. The van der Waals surface area contributed by atoms with Crippen molar-refractivity contribution < 1.29 is 9.90 Å². The third-order valence-corrected chi connectivity index (χ3v) is 5.27. The number of carbonyl (C=O) groups is 1. The van der Waals surface area contributed by atoms with Gasteiger partial charge in [0.15, 0.2) is 0 Å². The molecule has 3 heteroatoms. The van der Waals surface area contributed by atoms with Crippen LogP contribution in [0.25, 0.3) is 0 Å². The van der Waals surface area contributed by atoms with E-state index in [2.05, 4.69) is 13.8 Å². The molecule has 0 aromatic heterocycles. The highest BCUT2D eigenvalue weighted by atomic mass is 16.3. The van der Waals surface area contributed by atoms with Crippen LogP contribution in [0.4, 0.5) is 5.69 Å². The van der Waals surface area contributed by atoms with Crippen molar-refractivity contribution in [1.29, 1.82) is 0 Å². The van der Waals surface area contributed by atoms with Crippen LogP contribution < -0.4 is 4.90 Å². The highest BCUT2D eigenvalue weighted by molar-refractivity contribution is 5.96. The van der Waals surface area contributed by atoms with E-state index in [1.165, 1.54) is 0 Å². The van der Waals surface area contributed by atoms with E-state index in [9.17, 15) is 9.90 Å². The van der Waals surface area contributed by atoms with Crippen LogP contribution >= 0.6 is 0 Å². The Balaban J connectivity index is 1.95. The van der Waals surface area contributed by atoms with E-state index < -0.39 is 6.10 Å². The summed E-state index contributed by atoms with van der Waals surface area (Å²) >= 11 is 0. The molecule has 1 aliphatic carbocycles. The first-order chi connectivity index (χ1) is 10.0. The van der Waals surface area contributed by atoms with E-state index in [0.29, 0.717) is 0 Å². The average molecular weight is 287 g/mol. The van der Waals surface area contributed by atoms with Crippen molar-refractivity contribution in [3.63, 3.8) is 0 Å². The maximum atomic E-state index is 13.1. The van der Waals surface area contributed by atoms with Gasteiger partial charge in [-0.2, -0.15) is 0 Å². The molecular weight excluding hydrogens is 262 g/mol. The number of benzene rings is 1. The van der Waals surface area contributed by atoms with Crippen LogP contribution in [0.5, 0.6) is 0 Å². The van der Waals surface area contributed by atoms with Crippen LogP contribution in [-0.2, 0) is 4.79 Å². The van der Waals surface area contributed by atoms with Crippen LogP contribution in [0.1, 0.15) is 57.6 Å². The molecule has 1 aromatic carbocycles. The highest BCUT2D eigenvalue weighted by Crippen LogP contribution is 2.45. The smallest absolute Gasteiger partial charge is 0.230 e. The molecule has 1 saturated carbocycles. The van der Waals surface area contributed by atoms with Gasteiger partial charge in [0, 0.05) is 23.7 Å². The molecule has 0 bridgehead atoms. The Morgan fingerprint density at radius 3 is 2.71 bits per heavy atom. The molecule has 0 saturated heterocycles. The number of carbonyl (C=O) groups excluding carboxylic acids is 1. The lowest BCUT2D eigenvalue weighted by Gasteiger charge is -2.32. The minimum atomic E-state index is -0.449. The molecule has 1 fully saturated rings. The Hall–Kier alpha value is -1.35. The first kappa shape index (κ1) is 14.6. The van der Waals surface area contributed by atoms with Gasteiger partial charge in [0.05, 0.1) is 6.10 Å². The highest BCUT2D eigenvalue weighted by Gasteiger charge is 2.42. The van der Waals surface area contributed by atoms with Gasteiger partial charge in [-0.25, -0.2) is 0 Å². The number of hydrogen-bond donors (Lipinski definition) is 1. The molecule has 2 atom stereocenters. The molecule has 1 N–H and O–H groups in total. The Labute approximate surface area is 127 Å². The zero-order chi connectivity index (χ0) is 15.0. The third kappa shape index (κ3) is 2.59. The summed E-state index contributed by atoms with van der Waals surface area (Å²) in [6.45, 7) is 5.14. The van der Waals surface area contributed by atoms with Crippen molar-refractivity contribution in [3.05, 3.63) is 29.8 Å². The van der Waals surface area contributed by atoms with Crippen LogP contribution in [-0.4, -0.2) is 17.6 Å². The summed E-state index contributed by atoms with van der Waals surface area (Å²) < 4.78 is 0. The van der Waals surface area contributed by atoms with Gasteiger partial charge in [-0.1, -0.05) is 38.5 Å². The first-order valence-electron chi connectivity index (χ1n) is 8.09. The lowest BCUT2D eigenvalue weighted by Crippen LogP contribution is -2.40. The number of rotatable bonds is 1. The van der Waals surface area contributed by atoms with E-state index in [4.69, 9.17) is 0 Å². The van der Waals surface area contributed by atoms with E-state index in [1.807, 2.05) is 29.2 Å². The maximum absolute atomic E-state index is 13.1. The normalized spacial score (nSPS) is 28.0. The Bertz CT molecular complexity index is 538. The fourth-order valence-corrected chi connectivity index (χ4v) is 3.94. The van der Waals surface area contributed by atoms with Crippen molar-refractivity contribution in [2.45, 2.75) is 52.1 Å². The maximum Gasteiger partial charge on any atom is 0.230 e. The van der Waals surface area contributed by atoms with Gasteiger partial charge in [0.25, 0.3) is 0 Å². The number of para-hydroxylation sites is 1. The van der Waals surface area contributed by atoms with Crippen LogP contribution in [0.15, 0.2) is 24.3 Å². The minimum Gasteiger partial charge on any atom is -0.388 e. The lowest BCUT2D eigenvalue weighted by atomic mass is 9.81.